The number of hydrogen-bond donors (Lipinski definition) is 0. The summed E-state index contributed by atoms with van der Waals surface area (Å²) in [4.78, 5) is 24.8. The van der Waals surface area contributed by atoms with Crippen molar-refractivity contribution in [2.45, 2.75) is 51.5 Å². The van der Waals surface area contributed by atoms with Crippen LogP contribution in [0.3, 0.4) is 0 Å². The molecule has 1 saturated carbocycles. The van der Waals surface area contributed by atoms with Crippen LogP contribution in [0, 0.1) is 0 Å². The molecular weight excluding hydrogens is 386 g/mol. The second-order valence-electron chi connectivity index (χ2n) is 8.72. The summed E-state index contributed by atoms with van der Waals surface area (Å²) in [7, 11) is 1.41. The minimum atomic E-state index is -0.340. The number of hydrogen-bond acceptors (Lipinski definition) is 3. The van der Waals surface area contributed by atoms with E-state index >= 15 is 0 Å². The molecule has 1 aliphatic heterocycles. The number of esters is 1. The Morgan fingerprint density at radius 3 is 2.55 bits per heavy atom. The van der Waals surface area contributed by atoms with Crippen molar-refractivity contribution in [3.63, 3.8) is 0 Å². The smallest absolute Gasteiger partial charge is 0.337 e. The van der Waals surface area contributed by atoms with E-state index in [1.165, 1.54) is 55.9 Å². The fraction of sp³-hybridized carbons (Fsp3) is 0.333. The van der Waals surface area contributed by atoms with Crippen molar-refractivity contribution in [3.05, 3.63) is 64.7 Å². The predicted molar refractivity (Wildman–Crippen MR) is 123 cm³/mol. The van der Waals surface area contributed by atoms with Crippen molar-refractivity contribution in [2.24, 2.45) is 0 Å². The van der Waals surface area contributed by atoms with E-state index in [0.29, 0.717) is 18.0 Å². The zero-order valence-corrected chi connectivity index (χ0v) is 18.1. The number of ketones is 1. The van der Waals surface area contributed by atoms with E-state index in [9.17, 15) is 9.59 Å². The average molecular weight is 414 g/mol. The Morgan fingerprint density at radius 1 is 1.03 bits per heavy atom. The van der Waals surface area contributed by atoms with E-state index in [1.54, 1.807) is 6.92 Å². The molecule has 1 fully saturated rings. The van der Waals surface area contributed by atoms with Gasteiger partial charge in [-0.3, -0.25) is 4.79 Å². The molecule has 0 spiro atoms. The van der Waals surface area contributed by atoms with Crippen LogP contribution in [0.1, 0.15) is 66.4 Å². The molecular formula is C27H27NO3. The predicted octanol–water partition coefficient (Wildman–Crippen LogP) is 6.13. The van der Waals surface area contributed by atoms with Crippen LogP contribution in [-0.2, 0) is 16.1 Å². The molecule has 2 aromatic carbocycles. The van der Waals surface area contributed by atoms with Gasteiger partial charge in [0.15, 0.2) is 5.78 Å². The van der Waals surface area contributed by atoms with Crippen LogP contribution in [0.2, 0.25) is 0 Å². The number of allylic oxidation sites excluding steroid dienone is 1. The third-order valence-electron chi connectivity index (χ3n) is 6.86. The van der Waals surface area contributed by atoms with Crippen molar-refractivity contribution < 1.29 is 14.3 Å². The molecule has 0 atom stereocenters. The first kappa shape index (κ1) is 19.8. The number of rotatable bonds is 3. The fourth-order valence-electron chi connectivity index (χ4n) is 5.34. The van der Waals surface area contributed by atoms with Gasteiger partial charge in [-0.15, -0.1) is 0 Å². The van der Waals surface area contributed by atoms with Crippen LogP contribution in [-0.4, -0.2) is 23.4 Å². The van der Waals surface area contributed by atoms with Crippen molar-refractivity contribution in [1.29, 1.82) is 0 Å². The van der Waals surface area contributed by atoms with Crippen LogP contribution in [0.4, 0.5) is 0 Å². The van der Waals surface area contributed by atoms with E-state index in [1.807, 2.05) is 24.3 Å². The maximum Gasteiger partial charge on any atom is 0.337 e. The molecule has 31 heavy (non-hydrogen) atoms. The standard InChI is InChI=1S/C27H27NO3/c1-17(29)21-14-19-10-6-7-11-22(19)26-25(18-8-4-3-5-9-18)23-13-12-20(27(30)31-2)15-24(23)28(26)16-21/h6-7,10-15,18H,3-5,8-9,16H2,1-2H3. The molecule has 0 bridgehead atoms. The van der Waals surface area contributed by atoms with Crippen LogP contribution in [0.25, 0.3) is 28.2 Å². The summed E-state index contributed by atoms with van der Waals surface area (Å²) in [5, 5.41) is 1.19. The summed E-state index contributed by atoms with van der Waals surface area (Å²) in [6.07, 6.45) is 8.18. The lowest BCUT2D eigenvalue weighted by Gasteiger charge is -2.24. The minimum absolute atomic E-state index is 0.0767. The average Bonchev–Trinajstić information content (AvgIpc) is 3.01. The van der Waals surface area contributed by atoms with E-state index < -0.39 is 0 Å². The molecule has 0 amide bonds. The van der Waals surface area contributed by atoms with Crippen molar-refractivity contribution in [2.75, 3.05) is 7.11 Å². The maximum absolute atomic E-state index is 12.5. The first-order chi connectivity index (χ1) is 15.1. The van der Waals surface area contributed by atoms with Crippen molar-refractivity contribution in [3.8, 4) is 11.3 Å². The largest absolute Gasteiger partial charge is 0.465 e. The molecule has 158 valence electrons. The molecule has 0 N–H and O–H groups in total. The highest BCUT2D eigenvalue weighted by molar-refractivity contribution is 6.03. The van der Waals surface area contributed by atoms with Crippen LogP contribution >= 0.6 is 0 Å². The zero-order chi connectivity index (χ0) is 21.5. The van der Waals surface area contributed by atoms with Gasteiger partial charge in [-0.1, -0.05) is 49.6 Å². The Bertz CT molecular complexity index is 1220. The maximum atomic E-state index is 12.5. The molecule has 1 aliphatic carbocycles. The number of methoxy groups -OCH3 is 1. The van der Waals surface area contributed by atoms with Crippen LogP contribution in [0.15, 0.2) is 48.0 Å². The van der Waals surface area contributed by atoms with Crippen molar-refractivity contribution >= 4 is 28.7 Å². The monoisotopic (exact) mass is 413 g/mol. The second kappa shape index (κ2) is 7.84. The van der Waals surface area contributed by atoms with Crippen LogP contribution in [0.5, 0.6) is 0 Å². The van der Waals surface area contributed by atoms with Gasteiger partial charge in [-0.05, 0) is 55.0 Å². The number of Topliss-reactive ketones (excluding diaryl/α,β-unsaturated/α-hetero) is 1. The van der Waals surface area contributed by atoms with E-state index in [-0.39, 0.29) is 11.8 Å². The molecule has 4 heteroatoms. The Balaban J connectivity index is 1.85. The zero-order valence-electron chi connectivity index (χ0n) is 18.1. The lowest BCUT2D eigenvalue weighted by Crippen LogP contribution is -2.09. The molecule has 3 aromatic rings. The lowest BCUT2D eigenvalue weighted by atomic mass is 9.81. The number of fused-ring (bicyclic) bond motifs is 5. The highest BCUT2D eigenvalue weighted by atomic mass is 16.5. The van der Waals surface area contributed by atoms with Gasteiger partial charge >= 0.3 is 5.97 Å². The molecule has 4 nitrogen and oxygen atoms in total. The molecule has 1 aromatic heterocycles. The molecule has 5 rings (SSSR count). The van der Waals surface area contributed by atoms with Gasteiger partial charge < -0.3 is 9.30 Å². The number of nitrogens with zero attached hydrogens (tertiary/aromatic N) is 1. The van der Waals surface area contributed by atoms with Crippen LogP contribution < -0.4 is 0 Å². The van der Waals surface area contributed by atoms with Gasteiger partial charge in [-0.25, -0.2) is 4.79 Å². The van der Waals surface area contributed by atoms with Gasteiger partial charge in [-0.2, -0.15) is 0 Å². The second-order valence-corrected chi connectivity index (χ2v) is 8.72. The molecule has 0 radical (unpaired) electrons. The lowest BCUT2D eigenvalue weighted by molar-refractivity contribution is -0.113. The van der Waals surface area contributed by atoms with E-state index in [4.69, 9.17) is 4.74 Å². The summed E-state index contributed by atoms with van der Waals surface area (Å²) >= 11 is 0. The third kappa shape index (κ3) is 3.31. The number of carbonyl (C=O) groups is 2. The first-order valence-corrected chi connectivity index (χ1v) is 11.1. The summed E-state index contributed by atoms with van der Waals surface area (Å²) in [6.45, 7) is 2.14. The summed E-state index contributed by atoms with van der Waals surface area (Å²) in [6, 6.07) is 14.2. The minimum Gasteiger partial charge on any atom is -0.465 e. The fourth-order valence-corrected chi connectivity index (χ4v) is 5.34. The van der Waals surface area contributed by atoms with Gasteiger partial charge in [0, 0.05) is 22.0 Å². The van der Waals surface area contributed by atoms with Gasteiger partial charge in [0.05, 0.1) is 24.9 Å². The van der Waals surface area contributed by atoms with E-state index in [2.05, 4.69) is 28.8 Å². The number of carbonyl (C=O) groups excluding carboxylic acids is 2. The Hall–Kier alpha value is -3.14. The highest BCUT2D eigenvalue weighted by Gasteiger charge is 2.29. The summed E-state index contributed by atoms with van der Waals surface area (Å²) < 4.78 is 7.23. The number of benzene rings is 2. The normalized spacial score (nSPS) is 16.3. The Labute approximate surface area is 182 Å². The third-order valence-corrected chi connectivity index (χ3v) is 6.86. The van der Waals surface area contributed by atoms with Gasteiger partial charge in [0.2, 0.25) is 0 Å². The van der Waals surface area contributed by atoms with Gasteiger partial charge in [0.25, 0.3) is 0 Å². The topological polar surface area (TPSA) is 48.3 Å². The first-order valence-electron chi connectivity index (χ1n) is 11.1. The number of ether oxygens (including phenoxy) is 1. The molecule has 0 saturated heterocycles. The molecule has 2 heterocycles. The van der Waals surface area contributed by atoms with E-state index in [0.717, 1.165) is 22.2 Å². The van der Waals surface area contributed by atoms with Crippen molar-refractivity contribution in [1.82, 2.24) is 4.57 Å². The van der Waals surface area contributed by atoms with Gasteiger partial charge in [0.1, 0.15) is 0 Å². The highest BCUT2D eigenvalue weighted by Crippen LogP contribution is 2.46. The quantitative estimate of drug-likeness (QED) is 0.485. The Morgan fingerprint density at radius 2 is 1.81 bits per heavy atom. The summed E-state index contributed by atoms with van der Waals surface area (Å²) in [5.74, 6) is 0.226. The SMILES string of the molecule is COC(=O)c1ccc2c(C3CCCCC3)c3n(c2c1)CC(C(C)=O)=Cc1ccccc1-3. The number of aromatic nitrogens is 1. The molecule has 2 aliphatic rings. The molecule has 0 unspecified atom stereocenters. The summed E-state index contributed by atoms with van der Waals surface area (Å²) in [5.41, 5.74) is 7.14. The Kier molecular flexibility index (Phi) is 5.01.